The molecule has 3 rings (SSSR count). The van der Waals surface area contributed by atoms with Crippen molar-refractivity contribution in [1.29, 1.82) is 0 Å². The number of aromatic nitrogens is 4. The number of aryl methyl sites for hydroxylation is 2. The normalized spacial score (nSPS) is 11.1. The number of aromatic amines is 1. The van der Waals surface area contributed by atoms with Crippen LogP contribution < -0.4 is 5.56 Å². The molecule has 0 aliphatic heterocycles. The van der Waals surface area contributed by atoms with Gasteiger partial charge in [-0.25, -0.2) is 9.97 Å². The van der Waals surface area contributed by atoms with E-state index in [1.807, 2.05) is 19.1 Å². The SMILES string of the molecule is Cc1nc2nc(C)n(-c3cccc(Cl)c3)c2c(=O)[nH]1. The van der Waals surface area contributed by atoms with Crippen molar-refractivity contribution in [2.75, 3.05) is 0 Å². The first-order chi connectivity index (χ1) is 9.06. The van der Waals surface area contributed by atoms with Gasteiger partial charge in [0.1, 0.15) is 11.6 Å². The van der Waals surface area contributed by atoms with Crippen molar-refractivity contribution < 1.29 is 0 Å². The van der Waals surface area contributed by atoms with Crippen LogP contribution in [0.4, 0.5) is 0 Å². The van der Waals surface area contributed by atoms with Gasteiger partial charge < -0.3 is 4.98 Å². The van der Waals surface area contributed by atoms with E-state index < -0.39 is 0 Å². The van der Waals surface area contributed by atoms with Crippen molar-refractivity contribution >= 4 is 22.8 Å². The number of halogens is 1. The first-order valence-corrected chi connectivity index (χ1v) is 6.16. The third-order valence-corrected chi connectivity index (χ3v) is 3.11. The van der Waals surface area contributed by atoms with E-state index in [1.54, 1.807) is 23.6 Å². The summed E-state index contributed by atoms with van der Waals surface area (Å²) in [5.74, 6) is 1.24. The highest BCUT2D eigenvalue weighted by molar-refractivity contribution is 6.30. The van der Waals surface area contributed by atoms with E-state index in [0.717, 1.165) is 5.69 Å². The second kappa shape index (κ2) is 4.20. The fourth-order valence-electron chi connectivity index (χ4n) is 2.14. The van der Waals surface area contributed by atoms with Crippen molar-refractivity contribution in [2.24, 2.45) is 0 Å². The molecule has 0 aliphatic rings. The Labute approximate surface area is 113 Å². The molecule has 0 unspecified atom stereocenters. The smallest absolute Gasteiger partial charge is 0.277 e. The number of hydrogen-bond donors (Lipinski definition) is 1. The van der Waals surface area contributed by atoms with Gasteiger partial charge >= 0.3 is 0 Å². The van der Waals surface area contributed by atoms with Gasteiger partial charge in [-0.2, -0.15) is 0 Å². The molecule has 0 atom stereocenters. The number of benzene rings is 1. The predicted molar refractivity (Wildman–Crippen MR) is 74.0 cm³/mol. The lowest BCUT2D eigenvalue weighted by atomic mass is 10.3. The van der Waals surface area contributed by atoms with Crippen LogP contribution in [0.25, 0.3) is 16.9 Å². The zero-order valence-corrected chi connectivity index (χ0v) is 11.2. The maximum atomic E-state index is 12.1. The Hall–Kier alpha value is -2.14. The molecular formula is C13H11ClN4O. The fraction of sp³-hybridized carbons (Fsp3) is 0.154. The van der Waals surface area contributed by atoms with Gasteiger partial charge in [-0.15, -0.1) is 0 Å². The highest BCUT2D eigenvalue weighted by Crippen LogP contribution is 2.20. The molecule has 5 nitrogen and oxygen atoms in total. The average molecular weight is 275 g/mol. The minimum atomic E-state index is -0.205. The Morgan fingerprint density at radius 1 is 1.26 bits per heavy atom. The largest absolute Gasteiger partial charge is 0.309 e. The van der Waals surface area contributed by atoms with E-state index in [2.05, 4.69) is 15.0 Å². The second-order valence-corrected chi connectivity index (χ2v) is 4.73. The molecule has 0 amide bonds. The molecule has 0 fully saturated rings. The molecule has 96 valence electrons. The third kappa shape index (κ3) is 1.92. The molecule has 0 spiro atoms. The van der Waals surface area contributed by atoms with Crippen LogP contribution in [0.3, 0.4) is 0 Å². The van der Waals surface area contributed by atoms with E-state index in [0.29, 0.717) is 27.8 Å². The van der Waals surface area contributed by atoms with E-state index in [9.17, 15) is 4.79 Å². The van der Waals surface area contributed by atoms with Gasteiger partial charge in [-0.3, -0.25) is 9.36 Å². The van der Waals surface area contributed by atoms with Crippen molar-refractivity contribution in [3.63, 3.8) is 0 Å². The maximum Gasteiger partial charge on any atom is 0.277 e. The predicted octanol–water partition coefficient (Wildman–Crippen LogP) is 2.38. The summed E-state index contributed by atoms with van der Waals surface area (Å²) in [5, 5.41) is 0.607. The number of H-pyrrole nitrogens is 1. The summed E-state index contributed by atoms with van der Waals surface area (Å²) in [6, 6.07) is 7.28. The zero-order chi connectivity index (χ0) is 13.6. The number of nitrogens with zero attached hydrogens (tertiary/aromatic N) is 3. The molecule has 0 saturated carbocycles. The Morgan fingerprint density at radius 2 is 2.05 bits per heavy atom. The highest BCUT2D eigenvalue weighted by Gasteiger charge is 2.14. The van der Waals surface area contributed by atoms with Crippen molar-refractivity contribution in [3.05, 3.63) is 51.3 Å². The first-order valence-electron chi connectivity index (χ1n) is 5.78. The molecule has 6 heteroatoms. The summed E-state index contributed by atoms with van der Waals surface area (Å²) < 4.78 is 1.76. The van der Waals surface area contributed by atoms with Crippen molar-refractivity contribution in [2.45, 2.75) is 13.8 Å². The Bertz CT molecular complexity index is 834. The van der Waals surface area contributed by atoms with Crippen LogP contribution in [0.1, 0.15) is 11.6 Å². The van der Waals surface area contributed by atoms with Crippen LogP contribution in [0.15, 0.2) is 29.1 Å². The average Bonchev–Trinajstić information content (AvgIpc) is 2.65. The molecule has 2 heterocycles. The number of nitrogens with one attached hydrogen (secondary N) is 1. The van der Waals surface area contributed by atoms with Gasteiger partial charge in [-0.1, -0.05) is 17.7 Å². The Balaban J connectivity index is 2.42. The number of rotatable bonds is 1. The van der Waals surface area contributed by atoms with Gasteiger partial charge in [0, 0.05) is 10.7 Å². The van der Waals surface area contributed by atoms with E-state index in [-0.39, 0.29) is 5.56 Å². The summed E-state index contributed by atoms with van der Waals surface area (Å²) in [5.41, 5.74) is 1.47. The van der Waals surface area contributed by atoms with Gasteiger partial charge in [0.05, 0.1) is 0 Å². The lowest BCUT2D eigenvalue weighted by molar-refractivity contribution is 0.991. The van der Waals surface area contributed by atoms with Crippen LogP contribution in [0, 0.1) is 13.8 Å². The topological polar surface area (TPSA) is 63.6 Å². The maximum absolute atomic E-state index is 12.1. The molecule has 3 aromatic rings. The summed E-state index contributed by atoms with van der Waals surface area (Å²) in [4.78, 5) is 23.4. The molecule has 19 heavy (non-hydrogen) atoms. The molecule has 0 radical (unpaired) electrons. The minimum absolute atomic E-state index is 0.205. The van der Waals surface area contributed by atoms with Crippen LogP contribution in [0.2, 0.25) is 5.02 Å². The number of fused-ring (bicyclic) bond motifs is 1. The molecule has 1 aromatic carbocycles. The van der Waals surface area contributed by atoms with Crippen LogP contribution in [0.5, 0.6) is 0 Å². The first kappa shape index (κ1) is 11.9. The third-order valence-electron chi connectivity index (χ3n) is 2.88. The molecular weight excluding hydrogens is 264 g/mol. The Kier molecular flexibility index (Phi) is 2.64. The number of imidazole rings is 1. The van der Waals surface area contributed by atoms with Crippen LogP contribution in [-0.4, -0.2) is 19.5 Å². The molecule has 0 bridgehead atoms. The summed E-state index contributed by atoms with van der Waals surface area (Å²) in [6.07, 6.45) is 0. The standard InChI is InChI=1S/C13H11ClN4O/c1-7-15-12-11(13(19)16-7)18(8(2)17-12)10-5-3-4-9(14)6-10/h3-6H,1-2H3,(H,15,16,19). The van der Waals surface area contributed by atoms with Crippen LogP contribution in [-0.2, 0) is 0 Å². The highest BCUT2D eigenvalue weighted by atomic mass is 35.5. The summed E-state index contributed by atoms with van der Waals surface area (Å²) in [7, 11) is 0. The molecule has 2 aromatic heterocycles. The van der Waals surface area contributed by atoms with Crippen molar-refractivity contribution in [1.82, 2.24) is 19.5 Å². The van der Waals surface area contributed by atoms with Gasteiger partial charge in [0.25, 0.3) is 5.56 Å². The van der Waals surface area contributed by atoms with E-state index >= 15 is 0 Å². The second-order valence-electron chi connectivity index (χ2n) is 4.30. The Morgan fingerprint density at radius 3 is 2.79 bits per heavy atom. The summed E-state index contributed by atoms with van der Waals surface area (Å²) in [6.45, 7) is 3.56. The van der Waals surface area contributed by atoms with Crippen molar-refractivity contribution in [3.8, 4) is 5.69 Å². The molecule has 0 saturated heterocycles. The lowest BCUT2D eigenvalue weighted by Gasteiger charge is -2.06. The van der Waals surface area contributed by atoms with Gasteiger partial charge in [0.2, 0.25) is 0 Å². The monoisotopic (exact) mass is 274 g/mol. The molecule has 1 N–H and O–H groups in total. The van der Waals surface area contributed by atoms with Gasteiger partial charge in [0.15, 0.2) is 11.2 Å². The molecule has 0 aliphatic carbocycles. The lowest BCUT2D eigenvalue weighted by Crippen LogP contribution is -2.13. The number of hydrogen-bond acceptors (Lipinski definition) is 3. The zero-order valence-electron chi connectivity index (χ0n) is 10.4. The van der Waals surface area contributed by atoms with E-state index in [4.69, 9.17) is 11.6 Å². The summed E-state index contributed by atoms with van der Waals surface area (Å²) >= 11 is 5.99. The quantitative estimate of drug-likeness (QED) is 0.741. The van der Waals surface area contributed by atoms with Crippen LogP contribution >= 0.6 is 11.6 Å². The minimum Gasteiger partial charge on any atom is -0.309 e. The fourth-order valence-corrected chi connectivity index (χ4v) is 2.33. The van der Waals surface area contributed by atoms with Gasteiger partial charge in [-0.05, 0) is 32.0 Å². The van der Waals surface area contributed by atoms with E-state index in [1.165, 1.54) is 0 Å².